The van der Waals surface area contributed by atoms with Crippen molar-refractivity contribution in [1.82, 2.24) is 5.32 Å². The second kappa shape index (κ2) is 13.2. The summed E-state index contributed by atoms with van der Waals surface area (Å²) in [5.41, 5.74) is 1.90. The summed E-state index contributed by atoms with van der Waals surface area (Å²) in [4.78, 5) is 41.0. The third-order valence-corrected chi connectivity index (χ3v) is 5.19. The molecule has 0 bridgehead atoms. The average Bonchev–Trinajstić information content (AvgIpc) is 2.79. The number of aliphatic imine (C=N–C) groups is 1. The number of hydrogen-bond donors (Lipinski definition) is 1. The first-order valence-corrected chi connectivity index (χ1v) is 10.8. The zero-order chi connectivity index (χ0) is 25.1. The van der Waals surface area contributed by atoms with E-state index in [1.54, 1.807) is 20.8 Å². The fourth-order valence-electron chi connectivity index (χ4n) is 3.05. The summed E-state index contributed by atoms with van der Waals surface area (Å²) in [5, 5.41) is 2.52. The molecule has 1 amide bonds. The maximum Gasteiger partial charge on any atom is 0.328 e. The van der Waals surface area contributed by atoms with E-state index >= 15 is 0 Å². The molecule has 8 nitrogen and oxygen atoms in total. The molecule has 8 heteroatoms. The van der Waals surface area contributed by atoms with Crippen LogP contribution in [0, 0.1) is 6.92 Å². The maximum atomic E-state index is 12.8. The van der Waals surface area contributed by atoms with Crippen LogP contribution in [-0.4, -0.2) is 43.8 Å². The van der Waals surface area contributed by atoms with Crippen molar-refractivity contribution < 1.29 is 28.6 Å². The summed E-state index contributed by atoms with van der Waals surface area (Å²) in [6, 6.07) is 6.90. The molecule has 33 heavy (non-hydrogen) atoms. The highest BCUT2D eigenvalue weighted by Crippen LogP contribution is 2.25. The number of rotatable bonds is 11. The molecule has 1 N–H and O–H groups in total. The lowest BCUT2D eigenvalue weighted by molar-refractivity contribution is -0.152. The van der Waals surface area contributed by atoms with Crippen molar-refractivity contribution in [2.45, 2.75) is 66.0 Å². The van der Waals surface area contributed by atoms with E-state index in [-0.39, 0.29) is 29.6 Å². The van der Waals surface area contributed by atoms with E-state index in [2.05, 4.69) is 17.0 Å². The molecule has 0 spiro atoms. The number of nitrogens with one attached hydrogen (secondary N) is 1. The van der Waals surface area contributed by atoms with Crippen LogP contribution in [0.2, 0.25) is 0 Å². The minimum atomic E-state index is -0.986. The van der Waals surface area contributed by atoms with Gasteiger partial charge >= 0.3 is 11.9 Å². The van der Waals surface area contributed by atoms with Crippen LogP contribution in [0.5, 0.6) is 0 Å². The van der Waals surface area contributed by atoms with Gasteiger partial charge in [-0.1, -0.05) is 38.1 Å². The molecule has 180 valence electrons. The smallest absolute Gasteiger partial charge is 0.328 e. The molecule has 0 aliphatic heterocycles. The van der Waals surface area contributed by atoms with Crippen molar-refractivity contribution in [2.75, 3.05) is 7.11 Å². The maximum absolute atomic E-state index is 12.8. The van der Waals surface area contributed by atoms with Gasteiger partial charge in [-0.05, 0) is 51.6 Å². The third kappa shape index (κ3) is 7.59. The van der Waals surface area contributed by atoms with E-state index in [0.717, 1.165) is 11.1 Å². The van der Waals surface area contributed by atoms with Gasteiger partial charge in [0.15, 0.2) is 11.5 Å². The van der Waals surface area contributed by atoms with E-state index in [0.29, 0.717) is 0 Å². The van der Waals surface area contributed by atoms with Crippen LogP contribution < -0.4 is 5.32 Å². The molecule has 0 unspecified atom stereocenters. The third-order valence-electron chi connectivity index (χ3n) is 5.19. The largest absolute Gasteiger partial charge is 0.493 e. The second-order valence-electron chi connectivity index (χ2n) is 7.50. The Morgan fingerprint density at radius 1 is 1.18 bits per heavy atom. The van der Waals surface area contributed by atoms with Gasteiger partial charge < -0.3 is 19.5 Å². The highest BCUT2D eigenvalue weighted by atomic mass is 16.6. The molecule has 0 aromatic heterocycles. The number of carbonyl (C=O) groups excluding carboxylic acids is 3. The SMILES string of the molecule is C=N/C(C(=O)N[C@@H](C)C(=O)O[C@@H](C)[C@@H](C)c1ccccc1C)=C(OC(=O)CC)\C(=C/C)OC. The first-order valence-electron chi connectivity index (χ1n) is 10.8. The minimum absolute atomic E-state index is 0.0395. The van der Waals surface area contributed by atoms with Crippen molar-refractivity contribution in [3.05, 3.63) is 58.7 Å². The zero-order valence-electron chi connectivity index (χ0n) is 20.4. The molecule has 1 aromatic rings. The normalized spacial score (nSPS) is 14.8. The van der Waals surface area contributed by atoms with Gasteiger partial charge in [-0.15, -0.1) is 0 Å². The minimum Gasteiger partial charge on any atom is -0.493 e. The molecule has 0 saturated heterocycles. The lowest BCUT2D eigenvalue weighted by atomic mass is 9.92. The number of hydrogen-bond acceptors (Lipinski definition) is 7. The standard InChI is InChI=1S/C25H34N2O6/c1-9-20(31-8)23(33-21(28)10-2)22(26-7)24(29)27-17(5)25(30)32-18(6)16(4)19-14-12-11-13-15(19)3/h9,11-14,16-18H,7,10H2,1-6,8H3,(H,27,29)/b20-9+,23-22+/t16-,17+,18+/m1/s1. The summed E-state index contributed by atoms with van der Waals surface area (Å²) < 4.78 is 16.0. The molecule has 1 aromatic carbocycles. The average molecular weight is 459 g/mol. The Kier molecular flexibility index (Phi) is 11.0. The molecular formula is C25H34N2O6. The lowest BCUT2D eigenvalue weighted by Crippen LogP contribution is -2.42. The first kappa shape index (κ1) is 27.6. The van der Waals surface area contributed by atoms with Gasteiger partial charge in [0.1, 0.15) is 12.1 Å². The lowest BCUT2D eigenvalue weighted by Gasteiger charge is -2.24. The van der Waals surface area contributed by atoms with Crippen LogP contribution in [0.4, 0.5) is 0 Å². The number of esters is 2. The van der Waals surface area contributed by atoms with Gasteiger partial charge in [0, 0.05) is 12.3 Å². The van der Waals surface area contributed by atoms with Crippen LogP contribution in [0.15, 0.2) is 52.5 Å². The number of nitrogens with zero attached hydrogens (tertiary/aromatic N) is 1. The Hall–Kier alpha value is -3.42. The number of ether oxygens (including phenoxy) is 3. The summed E-state index contributed by atoms with van der Waals surface area (Å²) in [7, 11) is 1.37. The Morgan fingerprint density at radius 2 is 1.82 bits per heavy atom. The van der Waals surface area contributed by atoms with E-state index in [1.165, 1.54) is 20.1 Å². The number of aryl methyl sites for hydroxylation is 1. The molecule has 0 aliphatic carbocycles. The van der Waals surface area contributed by atoms with Crippen LogP contribution in [-0.2, 0) is 28.6 Å². The Labute approximate surface area is 195 Å². The summed E-state index contributed by atoms with van der Waals surface area (Å²) in [5.74, 6) is -2.04. The molecule has 0 fully saturated rings. The Bertz CT molecular complexity index is 935. The highest BCUT2D eigenvalue weighted by Gasteiger charge is 2.27. The molecule has 0 heterocycles. The molecule has 1 rings (SSSR count). The van der Waals surface area contributed by atoms with Gasteiger partial charge in [0.25, 0.3) is 5.91 Å². The van der Waals surface area contributed by atoms with Crippen LogP contribution in [0.1, 0.15) is 58.1 Å². The molecule has 0 saturated carbocycles. The number of allylic oxidation sites excluding steroid dienone is 1. The highest BCUT2D eigenvalue weighted by molar-refractivity contribution is 5.97. The predicted molar refractivity (Wildman–Crippen MR) is 126 cm³/mol. The van der Waals surface area contributed by atoms with Crippen molar-refractivity contribution in [1.29, 1.82) is 0 Å². The van der Waals surface area contributed by atoms with Gasteiger partial charge in [-0.3, -0.25) is 14.6 Å². The monoisotopic (exact) mass is 458 g/mol. The van der Waals surface area contributed by atoms with Crippen molar-refractivity contribution in [3.8, 4) is 0 Å². The van der Waals surface area contributed by atoms with Gasteiger partial charge in [0.05, 0.1) is 7.11 Å². The fourth-order valence-corrected chi connectivity index (χ4v) is 3.05. The summed E-state index contributed by atoms with van der Waals surface area (Å²) >= 11 is 0. The van der Waals surface area contributed by atoms with Gasteiger partial charge in [-0.25, -0.2) is 4.79 Å². The van der Waals surface area contributed by atoms with Crippen molar-refractivity contribution in [3.63, 3.8) is 0 Å². The molecule has 3 atom stereocenters. The quantitative estimate of drug-likeness (QED) is 0.177. The van der Waals surface area contributed by atoms with Crippen LogP contribution >= 0.6 is 0 Å². The summed E-state index contributed by atoms with van der Waals surface area (Å²) in [6.07, 6.45) is 1.17. The number of amides is 1. The fraction of sp³-hybridized carbons (Fsp3) is 0.440. The van der Waals surface area contributed by atoms with Crippen molar-refractivity contribution in [2.24, 2.45) is 4.99 Å². The first-order chi connectivity index (χ1) is 15.6. The van der Waals surface area contributed by atoms with Crippen molar-refractivity contribution >= 4 is 24.6 Å². The molecule has 0 aliphatic rings. The second-order valence-corrected chi connectivity index (χ2v) is 7.50. The van der Waals surface area contributed by atoms with Crippen LogP contribution in [0.3, 0.4) is 0 Å². The number of methoxy groups -OCH3 is 1. The van der Waals surface area contributed by atoms with Crippen LogP contribution in [0.25, 0.3) is 0 Å². The topological polar surface area (TPSA) is 103 Å². The van der Waals surface area contributed by atoms with E-state index in [9.17, 15) is 14.4 Å². The molecular weight excluding hydrogens is 424 g/mol. The molecule has 0 radical (unpaired) electrons. The van der Waals surface area contributed by atoms with Gasteiger partial charge in [0.2, 0.25) is 5.76 Å². The van der Waals surface area contributed by atoms with E-state index in [1.807, 2.05) is 38.1 Å². The van der Waals surface area contributed by atoms with Gasteiger partial charge in [-0.2, -0.15) is 0 Å². The van der Waals surface area contributed by atoms with E-state index < -0.39 is 30.0 Å². The zero-order valence-corrected chi connectivity index (χ0v) is 20.4. The Morgan fingerprint density at radius 3 is 2.33 bits per heavy atom. The predicted octanol–water partition coefficient (Wildman–Crippen LogP) is 3.95. The van der Waals surface area contributed by atoms with E-state index in [4.69, 9.17) is 14.2 Å². The summed E-state index contributed by atoms with van der Waals surface area (Å²) in [6.45, 7) is 13.9. The Balaban J connectivity index is 3.01. The number of benzene rings is 1. The number of carbonyl (C=O) groups is 3.